The van der Waals surface area contributed by atoms with E-state index in [-0.39, 0.29) is 11.6 Å². The summed E-state index contributed by atoms with van der Waals surface area (Å²) >= 11 is 0. The van der Waals surface area contributed by atoms with Gasteiger partial charge in [-0.3, -0.25) is 9.48 Å². The predicted octanol–water partition coefficient (Wildman–Crippen LogP) is 3.06. The molecule has 4 rings (SSSR count). The minimum absolute atomic E-state index is 0.251. The van der Waals surface area contributed by atoms with Crippen LogP contribution >= 0.6 is 0 Å². The van der Waals surface area contributed by atoms with Gasteiger partial charge in [0.2, 0.25) is 0 Å². The summed E-state index contributed by atoms with van der Waals surface area (Å²) in [7, 11) is 1.53. The summed E-state index contributed by atoms with van der Waals surface area (Å²) in [5, 5.41) is 11.6. The number of para-hydroxylation sites is 1. The summed E-state index contributed by atoms with van der Waals surface area (Å²) in [6.45, 7) is 1.03. The summed E-state index contributed by atoms with van der Waals surface area (Å²) in [6, 6.07) is 19.5. The maximum atomic E-state index is 12.8. The van der Waals surface area contributed by atoms with E-state index in [0.29, 0.717) is 18.8 Å². The third-order valence-electron chi connectivity index (χ3n) is 4.59. The molecule has 7 heteroatoms. The van der Waals surface area contributed by atoms with Crippen molar-refractivity contribution in [3.05, 3.63) is 96.1 Å². The number of aromatic nitrogens is 4. The zero-order valence-electron chi connectivity index (χ0n) is 16.0. The second kappa shape index (κ2) is 8.43. The largest absolute Gasteiger partial charge is 0.493 e. The van der Waals surface area contributed by atoms with Crippen LogP contribution in [0.15, 0.2) is 79.3 Å². The van der Waals surface area contributed by atoms with Gasteiger partial charge in [-0.2, -0.15) is 10.2 Å². The monoisotopic (exact) mass is 387 g/mol. The molecule has 0 unspecified atom stereocenters. The molecule has 0 atom stereocenters. The van der Waals surface area contributed by atoms with E-state index in [0.717, 1.165) is 16.8 Å². The SMILES string of the molecule is COc1cn(-c2ccccc2)nc1C(=O)NCc1ccccc1Cn1cccn1. The van der Waals surface area contributed by atoms with Gasteiger partial charge < -0.3 is 10.1 Å². The number of nitrogens with one attached hydrogen (secondary N) is 1. The lowest BCUT2D eigenvalue weighted by Gasteiger charge is -2.11. The van der Waals surface area contributed by atoms with Crippen LogP contribution in [-0.4, -0.2) is 32.6 Å². The molecule has 2 aromatic heterocycles. The van der Waals surface area contributed by atoms with E-state index in [1.807, 2.05) is 71.5 Å². The quantitative estimate of drug-likeness (QED) is 0.529. The predicted molar refractivity (Wildman–Crippen MR) is 109 cm³/mol. The minimum Gasteiger partial charge on any atom is -0.493 e. The summed E-state index contributed by atoms with van der Waals surface area (Å²) < 4.78 is 8.85. The highest BCUT2D eigenvalue weighted by Gasteiger charge is 2.18. The average molecular weight is 387 g/mol. The van der Waals surface area contributed by atoms with E-state index in [1.165, 1.54) is 7.11 Å². The molecule has 0 spiro atoms. The normalized spacial score (nSPS) is 10.7. The van der Waals surface area contributed by atoms with Crippen molar-refractivity contribution in [2.24, 2.45) is 0 Å². The van der Waals surface area contributed by atoms with Crippen molar-refractivity contribution in [2.45, 2.75) is 13.1 Å². The number of amides is 1. The highest BCUT2D eigenvalue weighted by Crippen LogP contribution is 2.20. The van der Waals surface area contributed by atoms with Crippen LogP contribution in [0.4, 0.5) is 0 Å². The highest BCUT2D eigenvalue weighted by atomic mass is 16.5. The molecule has 2 heterocycles. The number of methoxy groups -OCH3 is 1. The average Bonchev–Trinajstić information content (AvgIpc) is 3.43. The van der Waals surface area contributed by atoms with Gasteiger partial charge in [-0.25, -0.2) is 4.68 Å². The fourth-order valence-electron chi connectivity index (χ4n) is 3.09. The van der Waals surface area contributed by atoms with E-state index >= 15 is 0 Å². The maximum absolute atomic E-state index is 12.8. The van der Waals surface area contributed by atoms with Gasteiger partial charge in [0.25, 0.3) is 5.91 Å². The fourth-order valence-corrected chi connectivity index (χ4v) is 3.09. The van der Waals surface area contributed by atoms with Gasteiger partial charge in [0.05, 0.1) is 25.5 Å². The van der Waals surface area contributed by atoms with Crippen molar-refractivity contribution < 1.29 is 9.53 Å². The third-order valence-corrected chi connectivity index (χ3v) is 4.59. The van der Waals surface area contributed by atoms with E-state index in [4.69, 9.17) is 4.74 Å². The number of carbonyl (C=O) groups excluding carboxylic acids is 1. The van der Waals surface area contributed by atoms with Crippen LogP contribution in [0.5, 0.6) is 5.75 Å². The Labute approximate surface area is 168 Å². The Bertz CT molecular complexity index is 1090. The molecule has 2 aromatic carbocycles. The number of nitrogens with zero attached hydrogens (tertiary/aromatic N) is 4. The number of carbonyl (C=O) groups is 1. The molecule has 4 aromatic rings. The minimum atomic E-state index is -0.287. The molecule has 1 N–H and O–H groups in total. The number of rotatable bonds is 7. The number of hydrogen-bond acceptors (Lipinski definition) is 4. The Hall–Kier alpha value is -3.87. The smallest absolute Gasteiger partial charge is 0.275 e. The molecule has 0 fully saturated rings. The summed E-state index contributed by atoms with van der Waals surface area (Å²) in [5.74, 6) is 0.140. The van der Waals surface area contributed by atoms with Gasteiger partial charge in [-0.15, -0.1) is 0 Å². The molecule has 7 nitrogen and oxygen atoms in total. The van der Waals surface area contributed by atoms with Crippen LogP contribution in [0.3, 0.4) is 0 Å². The first-order valence-corrected chi connectivity index (χ1v) is 9.26. The molecule has 0 saturated heterocycles. The summed E-state index contributed by atoms with van der Waals surface area (Å²) in [5.41, 5.74) is 3.23. The molecule has 1 amide bonds. The van der Waals surface area contributed by atoms with Gasteiger partial charge in [-0.05, 0) is 29.3 Å². The van der Waals surface area contributed by atoms with Crippen LogP contribution in [0, 0.1) is 0 Å². The zero-order valence-corrected chi connectivity index (χ0v) is 16.0. The molecular weight excluding hydrogens is 366 g/mol. The Balaban J connectivity index is 1.50. The Morgan fingerprint density at radius 1 is 1.03 bits per heavy atom. The molecule has 29 heavy (non-hydrogen) atoms. The van der Waals surface area contributed by atoms with E-state index < -0.39 is 0 Å². The van der Waals surface area contributed by atoms with Crippen molar-refractivity contribution in [1.29, 1.82) is 0 Å². The molecule has 0 aliphatic rings. The summed E-state index contributed by atoms with van der Waals surface area (Å²) in [4.78, 5) is 12.8. The lowest BCUT2D eigenvalue weighted by Crippen LogP contribution is -2.24. The topological polar surface area (TPSA) is 74.0 Å². The van der Waals surface area contributed by atoms with Crippen molar-refractivity contribution in [2.75, 3.05) is 7.11 Å². The van der Waals surface area contributed by atoms with Crippen molar-refractivity contribution in [1.82, 2.24) is 24.9 Å². The molecule has 0 radical (unpaired) electrons. The lowest BCUT2D eigenvalue weighted by atomic mass is 10.1. The van der Waals surface area contributed by atoms with Gasteiger partial charge in [-0.1, -0.05) is 42.5 Å². The molecule has 0 aliphatic heterocycles. The van der Waals surface area contributed by atoms with Crippen molar-refractivity contribution in [3.8, 4) is 11.4 Å². The molecular formula is C22H21N5O2. The Morgan fingerprint density at radius 3 is 2.52 bits per heavy atom. The standard InChI is InChI=1S/C22H21N5O2/c1-29-20-16-27(19-10-3-2-4-11-19)25-21(20)22(28)23-14-17-8-5-6-9-18(17)15-26-13-7-12-24-26/h2-13,16H,14-15H2,1H3,(H,23,28). The second-order valence-corrected chi connectivity index (χ2v) is 6.48. The second-order valence-electron chi connectivity index (χ2n) is 6.48. The van der Waals surface area contributed by atoms with Crippen molar-refractivity contribution >= 4 is 5.91 Å². The van der Waals surface area contributed by atoms with Crippen LogP contribution < -0.4 is 10.1 Å². The highest BCUT2D eigenvalue weighted by molar-refractivity contribution is 5.94. The first-order valence-electron chi connectivity index (χ1n) is 9.26. The number of hydrogen-bond donors (Lipinski definition) is 1. The van der Waals surface area contributed by atoms with E-state index in [9.17, 15) is 4.79 Å². The van der Waals surface area contributed by atoms with Crippen LogP contribution in [0.25, 0.3) is 5.69 Å². The Morgan fingerprint density at radius 2 is 1.79 bits per heavy atom. The Kier molecular flexibility index (Phi) is 5.38. The van der Waals surface area contributed by atoms with Gasteiger partial charge in [0.15, 0.2) is 11.4 Å². The van der Waals surface area contributed by atoms with Gasteiger partial charge in [0.1, 0.15) is 0 Å². The van der Waals surface area contributed by atoms with Crippen molar-refractivity contribution in [3.63, 3.8) is 0 Å². The molecule has 0 aliphatic carbocycles. The number of benzene rings is 2. The molecule has 146 valence electrons. The molecule has 0 bridgehead atoms. The summed E-state index contributed by atoms with van der Waals surface area (Å²) in [6.07, 6.45) is 5.37. The van der Waals surface area contributed by atoms with Gasteiger partial charge >= 0.3 is 0 Å². The lowest BCUT2D eigenvalue weighted by molar-refractivity contribution is 0.0942. The molecule has 0 saturated carbocycles. The van der Waals surface area contributed by atoms with E-state index in [1.54, 1.807) is 17.1 Å². The first kappa shape index (κ1) is 18.5. The van der Waals surface area contributed by atoms with E-state index in [2.05, 4.69) is 15.5 Å². The van der Waals surface area contributed by atoms with Crippen LogP contribution in [0.2, 0.25) is 0 Å². The zero-order chi connectivity index (χ0) is 20.1. The van der Waals surface area contributed by atoms with Crippen LogP contribution in [0.1, 0.15) is 21.6 Å². The van der Waals surface area contributed by atoms with Gasteiger partial charge in [0, 0.05) is 18.9 Å². The first-order chi connectivity index (χ1) is 14.2. The maximum Gasteiger partial charge on any atom is 0.275 e. The number of ether oxygens (including phenoxy) is 1. The third kappa shape index (κ3) is 4.19. The van der Waals surface area contributed by atoms with Crippen LogP contribution in [-0.2, 0) is 13.1 Å². The fraction of sp³-hybridized carbons (Fsp3) is 0.136.